The predicted molar refractivity (Wildman–Crippen MR) is 226 cm³/mol. The number of para-hydroxylation sites is 2. The average molecular weight is 699 g/mol. The summed E-state index contributed by atoms with van der Waals surface area (Å²) in [5.74, 6) is 2.02. The van der Waals surface area contributed by atoms with E-state index in [2.05, 4.69) is 176 Å². The van der Waals surface area contributed by atoms with Crippen LogP contribution >= 0.6 is 0 Å². The van der Waals surface area contributed by atoms with E-state index in [0.717, 1.165) is 22.7 Å². The summed E-state index contributed by atoms with van der Waals surface area (Å²) in [4.78, 5) is 0. The van der Waals surface area contributed by atoms with Crippen LogP contribution in [-0.4, -0.2) is 0 Å². The smallest absolute Gasteiger partial charge is 0.139 e. The molecular formula is C52H42O2. The first-order valence-corrected chi connectivity index (χ1v) is 19.3. The largest absolute Gasteiger partial charge is 0.456 e. The van der Waals surface area contributed by atoms with Gasteiger partial charge in [-0.05, 0) is 96.2 Å². The number of fused-ring (bicyclic) bond motifs is 12. The Morgan fingerprint density at radius 2 is 0.852 bits per heavy atom. The van der Waals surface area contributed by atoms with E-state index >= 15 is 0 Å². The Morgan fingerprint density at radius 3 is 1.33 bits per heavy atom. The highest BCUT2D eigenvalue weighted by Gasteiger charge is 2.42. The normalized spacial score (nSPS) is 15.2. The van der Waals surface area contributed by atoms with Crippen molar-refractivity contribution < 1.29 is 8.83 Å². The lowest BCUT2D eigenvalue weighted by atomic mass is 9.78. The minimum atomic E-state index is -0.203. The van der Waals surface area contributed by atoms with E-state index in [0.29, 0.717) is 0 Å². The standard InChI is InChI=1S/C52H42O2/c1-50(2,3)31-22-25-34-39(28-31)45(30-21-24-36-41(27-30)52(6,7)47-38-17-11-13-19-43(38)54-49(36)47)33-15-9-8-14-32(33)44(34)29-20-23-35-40(26-29)51(4,5)46-37-16-10-12-18-42(37)53-48(35)46/h8-28H,1-7H3. The molecule has 0 saturated heterocycles. The third-order valence-corrected chi connectivity index (χ3v) is 12.8. The maximum atomic E-state index is 6.55. The van der Waals surface area contributed by atoms with Crippen LogP contribution in [0.1, 0.15) is 76.3 Å². The van der Waals surface area contributed by atoms with E-state index in [-0.39, 0.29) is 16.2 Å². The highest BCUT2D eigenvalue weighted by Crippen LogP contribution is 2.56. The lowest BCUT2D eigenvalue weighted by molar-refractivity contribution is 0.591. The van der Waals surface area contributed by atoms with Crippen LogP contribution in [0.4, 0.5) is 0 Å². The summed E-state index contributed by atoms with van der Waals surface area (Å²) in [6, 6.07) is 47.3. The van der Waals surface area contributed by atoms with Crippen LogP contribution < -0.4 is 0 Å². The van der Waals surface area contributed by atoms with Crippen LogP contribution in [0.5, 0.6) is 0 Å². The second-order valence-electron chi connectivity index (χ2n) is 17.7. The van der Waals surface area contributed by atoms with Crippen LogP contribution in [0.25, 0.3) is 88.4 Å². The Morgan fingerprint density at radius 1 is 0.426 bits per heavy atom. The summed E-state index contributed by atoms with van der Waals surface area (Å²) in [5, 5.41) is 7.50. The van der Waals surface area contributed by atoms with Gasteiger partial charge in [0.1, 0.15) is 22.7 Å². The summed E-state index contributed by atoms with van der Waals surface area (Å²) in [7, 11) is 0. The van der Waals surface area contributed by atoms with Crippen molar-refractivity contribution in [1.82, 2.24) is 0 Å². The summed E-state index contributed by atoms with van der Waals surface area (Å²) in [5.41, 5.74) is 15.5. The van der Waals surface area contributed by atoms with Crippen molar-refractivity contribution in [2.45, 2.75) is 64.7 Å². The van der Waals surface area contributed by atoms with Crippen molar-refractivity contribution in [3.8, 4) is 44.9 Å². The van der Waals surface area contributed by atoms with E-state index in [4.69, 9.17) is 8.83 Å². The average Bonchev–Trinajstić information content (AvgIpc) is 3.86. The number of benzene rings is 7. The van der Waals surface area contributed by atoms with Gasteiger partial charge in [-0.1, -0.05) is 146 Å². The van der Waals surface area contributed by atoms with Crippen molar-refractivity contribution in [3.63, 3.8) is 0 Å². The second-order valence-corrected chi connectivity index (χ2v) is 17.7. The van der Waals surface area contributed by atoms with Gasteiger partial charge in [0, 0.05) is 43.9 Å². The summed E-state index contributed by atoms with van der Waals surface area (Å²) >= 11 is 0. The molecule has 0 atom stereocenters. The Bertz CT molecular complexity index is 3080. The maximum Gasteiger partial charge on any atom is 0.139 e. The minimum absolute atomic E-state index is 0.00718. The molecule has 0 bridgehead atoms. The molecular weight excluding hydrogens is 657 g/mol. The zero-order valence-electron chi connectivity index (χ0n) is 31.9. The maximum absolute atomic E-state index is 6.55. The van der Waals surface area contributed by atoms with Crippen molar-refractivity contribution >= 4 is 43.5 Å². The third-order valence-electron chi connectivity index (χ3n) is 12.8. The highest BCUT2D eigenvalue weighted by molar-refractivity contribution is 6.22. The molecule has 2 aromatic heterocycles. The van der Waals surface area contributed by atoms with Gasteiger partial charge in [-0.2, -0.15) is 0 Å². The van der Waals surface area contributed by atoms with Gasteiger partial charge >= 0.3 is 0 Å². The Hall–Kier alpha value is -5.86. The van der Waals surface area contributed by atoms with Gasteiger partial charge < -0.3 is 8.83 Å². The predicted octanol–water partition coefficient (Wildman–Crippen LogP) is 14.7. The van der Waals surface area contributed by atoms with Crippen LogP contribution in [0.3, 0.4) is 0 Å². The van der Waals surface area contributed by atoms with E-state index < -0.39 is 0 Å². The van der Waals surface area contributed by atoms with Crippen molar-refractivity contribution in [2.75, 3.05) is 0 Å². The molecule has 2 aliphatic carbocycles. The van der Waals surface area contributed by atoms with Gasteiger partial charge in [-0.3, -0.25) is 0 Å². The van der Waals surface area contributed by atoms with E-state index in [1.54, 1.807) is 0 Å². The molecule has 0 unspecified atom stereocenters. The molecule has 0 N–H and O–H groups in total. The zero-order chi connectivity index (χ0) is 36.9. The fourth-order valence-corrected chi connectivity index (χ4v) is 10.1. The molecule has 0 fully saturated rings. The topological polar surface area (TPSA) is 26.3 Å². The number of hydrogen-bond acceptors (Lipinski definition) is 2. The molecule has 54 heavy (non-hydrogen) atoms. The molecule has 0 radical (unpaired) electrons. The lowest BCUT2D eigenvalue weighted by Crippen LogP contribution is -2.15. The molecule has 262 valence electrons. The molecule has 2 heterocycles. The number of rotatable bonds is 2. The Kier molecular flexibility index (Phi) is 6.11. The first-order valence-electron chi connectivity index (χ1n) is 19.3. The third kappa shape index (κ3) is 4.06. The van der Waals surface area contributed by atoms with Crippen LogP contribution in [0.2, 0.25) is 0 Å². The highest BCUT2D eigenvalue weighted by atomic mass is 16.3. The van der Waals surface area contributed by atoms with Gasteiger partial charge in [0.15, 0.2) is 0 Å². The van der Waals surface area contributed by atoms with Crippen molar-refractivity contribution in [2.24, 2.45) is 0 Å². The molecule has 0 saturated carbocycles. The fraction of sp³-hybridized carbons (Fsp3) is 0.192. The van der Waals surface area contributed by atoms with Crippen LogP contribution in [0.15, 0.2) is 136 Å². The van der Waals surface area contributed by atoms with E-state index in [1.807, 2.05) is 0 Å². The van der Waals surface area contributed by atoms with Crippen LogP contribution in [-0.2, 0) is 16.2 Å². The fourth-order valence-electron chi connectivity index (χ4n) is 10.1. The summed E-state index contributed by atoms with van der Waals surface area (Å²) in [6.45, 7) is 16.3. The van der Waals surface area contributed by atoms with E-state index in [9.17, 15) is 0 Å². The van der Waals surface area contributed by atoms with E-state index in [1.165, 1.54) is 93.5 Å². The molecule has 7 aromatic carbocycles. The Labute approximate surface area is 316 Å². The zero-order valence-corrected chi connectivity index (χ0v) is 31.9. The summed E-state index contributed by atoms with van der Waals surface area (Å²) < 4.78 is 13.1. The molecule has 2 heteroatoms. The molecule has 0 spiro atoms. The molecule has 11 rings (SSSR count). The van der Waals surface area contributed by atoms with Crippen molar-refractivity contribution in [1.29, 1.82) is 0 Å². The monoisotopic (exact) mass is 698 g/mol. The van der Waals surface area contributed by atoms with Gasteiger partial charge in [-0.15, -0.1) is 0 Å². The van der Waals surface area contributed by atoms with Gasteiger partial charge in [0.2, 0.25) is 0 Å². The lowest BCUT2D eigenvalue weighted by Gasteiger charge is -2.25. The summed E-state index contributed by atoms with van der Waals surface area (Å²) in [6.07, 6.45) is 0. The first kappa shape index (κ1) is 31.6. The molecule has 2 aliphatic rings. The van der Waals surface area contributed by atoms with Gasteiger partial charge in [-0.25, -0.2) is 0 Å². The SMILES string of the molecule is CC(C)(C)c1ccc2c(-c3ccc4c(c3)C(C)(C)c3c-4oc4ccccc34)c3ccccc3c(-c3ccc4c(c3)C(C)(C)c3c-4oc4ccccc34)c2c1. The first-order chi connectivity index (χ1) is 25.9. The van der Waals surface area contributed by atoms with Crippen molar-refractivity contribution in [3.05, 3.63) is 155 Å². The second kappa shape index (κ2) is 10.4. The number of furan rings is 2. The van der Waals surface area contributed by atoms with Crippen LogP contribution in [0, 0.1) is 0 Å². The van der Waals surface area contributed by atoms with Gasteiger partial charge in [0.05, 0.1) is 0 Å². The molecule has 0 aliphatic heterocycles. The van der Waals surface area contributed by atoms with Gasteiger partial charge in [0.25, 0.3) is 0 Å². The molecule has 9 aromatic rings. The number of hydrogen-bond donors (Lipinski definition) is 0. The molecule has 2 nitrogen and oxygen atoms in total. The Balaban J connectivity index is 1.17. The minimum Gasteiger partial charge on any atom is -0.456 e. The quantitative estimate of drug-likeness (QED) is 0.168. The molecule has 0 amide bonds.